The molecule has 0 radical (unpaired) electrons. The number of hydrogen-bond acceptors (Lipinski definition) is 3. The Morgan fingerprint density at radius 3 is 2.36 bits per heavy atom. The summed E-state index contributed by atoms with van der Waals surface area (Å²) in [6, 6.07) is 9.42. The summed E-state index contributed by atoms with van der Waals surface area (Å²) in [6.45, 7) is 14.5. The van der Waals surface area contributed by atoms with Crippen LogP contribution in [0.25, 0.3) is 0 Å². The Balaban J connectivity index is 1.69. The van der Waals surface area contributed by atoms with Crippen LogP contribution in [-0.2, 0) is 13.1 Å². The maximum atomic E-state index is 4.38. The van der Waals surface area contributed by atoms with Crippen molar-refractivity contribution in [2.24, 2.45) is 4.99 Å². The van der Waals surface area contributed by atoms with Crippen LogP contribution in [0.1, 0.15) is 57.6 Å². The van der Waals surface area contributed by atoms with Crippen LogP contribution in [0, 0.1) is 0 Å². The fraction of sp³-hybridized carbons (Fsp3) is 0.696. The summed E-state index contributed by atoms with van der Waals surface area (Å²) in [4.78, 5) is 9.40. The normalized spacial score (nSPS) is 16.5. The maximum Gasteiger partial charge on any atom is 0.191 e. The number of nitrogens with one attached hydrogen (secondary N) is 2. The highest BCUT2D eigenvalue weighted by atomic mass is 15.2. The zero-order chi connectivity index (χ0) is 20.2. The molecular formula is C23H41N5. The molecule has 1 atom stereocenters. The maximum absolute atomic E-state index is 4.38. The number of guanidine groups is 1. The van der Waals surface area contributed by atoms with Gasteiger partial charge in [0.1, 0.15) is 0 Å². The zero-order valence-corrected chi connectivity index (χ0v) is 18.5. The third-order valence-corrected chi connectivity index (χ3v) is 5.70. The molecule has 1 aliphatic rings. The molecule has 1 aromatic carbocycles. The standard InChI is InChI=1S/C23H41N5/c1-5-27(6-2)17-9-10-20(3)26-23(24-4)25-18-21-11-13-22(14-12-21)19-28-15-7-8-16-28/h11-14,20H,5-10,15-19H2,1-4H3,(H2,24,25,26). The highest BCUT2D eigenvalue weighted by molar-refractivity contribution is 5.79. The van der Waals surface area contributed by atoms with Gasteiger partial charge in [-0.1, -0.05) is 38.1 Å². The van der Waals surface area contributed by atoms with Crippen LogP contribution in [0.5, 0.6) is 0 Å². The molecule has 2 rings (SSSR count). The molecule has 1 unspecified atom stereocenters. The second-order valence-electron chi connectivity index (χ2n) is 7.94. The van der Waals surface area contributed by atoms with E-state index in [1.807, 2.05) is 7.05 Å². The van der Waals surface area contributed by atoms with E-state index >= 15 is 0 Å². The summed E-state index contributed by atoms with van der Waals surface area (Å²) >= 11 is 0. The number of rotatable bonds is 11. The monoisotopic (exact) mass is 387 g/mol. The van der Waals surface area contributed by atoms with E-state index < -0.39 is 0 Å². The molecule has 5 heteroatoms. The van der Waals surface area contributed by atoms with Crippen molar-refractivity contribution >= 4 is 5.96 Å². The highest BCUT2D eigenvalue weighted by Crippen LogP contribution is 2.13. The molecule has 0 aromatic heterocycles. The third kappa shape index (κ3) is 8.19. The van der Waals surface area contributed by atoms with Crippen molar-refractivity contribution in [3.05, 3.63) is 35.4 Å². The molecule has 0 bridgehead atoms. The van der Waals surface area contributed by atoms with E-state index in [-0.39, 0.29) is 0 Å². The minimum Gasteiger partial charge on any atom is -0.354 e. The van der Waals surface area contributed by atoms with E-state index in [1.165, 1.54) is 50.0 Å². The van der Waals surface area contributed by atoms with E-state index in [1.54, 1.807) is 0 Å². The summed E-state index contributed by atoms with van der Waals surface area (Å²) in [5.41, 5.74) is 2.71. The Morgan fingerprint density at radius 2 is 1.75 bits per heavy atom. The molecule has 1 fully saturated rings. The molecule has 0 saturated carbocycles. The smallest absolute Gasteiger partial charge is 0.191 e. The summed E-state index contributed by atoms with van der Waals surface area (Å²) in [5.74, 6) is 0.886. The number of hydrogen-bond donors (Lipinski definition) is 2. The quantitative estimate of drug-likeness (QED) is 0.451. The van der Waals surface area contributed by atoms with Gasteiger partial charge in [0.15, 0.2) is 5.96 Å². The molecule has 5 nitrogen and oxygen atoms in total. The molecular weight excluding hydrogens is 346 g/mol. The van der Waals surface area contributed by atoms with Crippen molar-refractivity contribution in [1.82, 2.24) is 20.4 Å². The minimum atomic E-state index is 0.421. The van der Waals surface area contributed by atoms with E-state index in [0.717, 1.165) is 38.6 Å². The first-order valence-electron chi connectivity index (χ1n) is 11.1. The first-order chi connectivity index (χ1) is 13.6. The Hall–Kier alpha value is -1.59. The topological polar surface area (TPSA) is 42.9 Å². The van der Waals surface area contributed by atoms with Gasteiger partial charge in [0.25, 0.3) is 0 Å². The fourth-order valence-electron chi connectivity index (χ4n) is 3.81. The van der Waals surface area contributed by atoms with Gasteiger partial charge in [0.05, 0.1) is 0 Å². The van der Waals surface area contributed by atoms with Gasteiger partial charge < -0.3 is 15.5 Å². The van der Waals surface area contributed by atoms with E-state index in [0.29, 0.717) is 6.04 Å². The lowest BCUT2D eigenvalue weighted by Gasteiger charge is -2.21. The average Bonchev–Trinajstić information content (AvgIpc) is 3.22. The average molecular weight is 388 g/mol. The predicted molar refractivity (Wildman–Crippen MR) is 121 cm³/mol. The minimum absolute atomic E-state index is 0.421. The molecule has 0 aliphatic carbocycles. The number of nitrogens with zero attached hydrogens (tertiary/aromatic N) is 3. The Bertz CT molecular complexity index is 559. The zero-order valence-electron chi connectivity index (χ0n) is 18.5. The second-order valence-corrected chi connectivity index (χ2v) is 7.94. The molecule has 1 aromatic rings. The second kappa shape index (κ2) is 12.8. The molecule has 1 saturated heterocycles. The molecule has 0 spiro atoms. The van der Waals surface area contributed by atoms with Crippen LogP contribution in [0.15, 0.2) is 29.3 Å². The van der Waals surface area contributed by atoms with Gasteiger partial charge in [-0.2, -0.15) is 0 Å². The molecule has 0 amide bonds. The fourth-order valence-corrected chi connectivity index (χ4v) is 3.81. The Kier molecular flexibility index (Phi) is 10.4. The molecule has 1 heterocycles. The first kappa shape index (κ1) is 22.7. The van der Waals surface area contributed by atoms with Gasteiger partial charge >= 0.3 is 0 Å². The number of benzene rings is 1. The van der Waals surface area contributed by atoms with Crippen molar-refractivity contribution in [2.75, 3.05) is 39.8 Å². The summed E-state index contributed by atoms with van der Waals surface area (Å²) in [6.07, 6.45) is 5.07. The van der Waals surface area contributed by atoms with Crippen molar-refractivity contribution < 1.29 is 0 Å². The molecule has 158 valence electrons. The van der Waals surface area contributed by atoms with Gasteiger partial charge in [-0.3, -0.25) is 9.89 Å². The summed E-state index contributed by atoms with van der Waals surface area (Å²) < 4.78 is 0. The number of likely N-dealkylation sites (tertiary alicyclic amines) is 1. The lowest BCUT2D eigenvalue weighted by molar-refractivity contribution is 0.292. The van der Waals surface area contributed by atoms with Crippen LogP contribution in [0.3, 0.4) is 0 Å². The third-order valence-electron chi connectivity index (χ3n) is 5.70. The van der Waals surface area contributed by atoms with E-state index in [9.17, 15) is 0 Å². The Morgan fingerprint density at radius 1 is 1.11 bits per heavy atom. The van der Waals surface area contributed by atoms with Crippen LogP contribution in [0.4, 0.5) is 0 Å². The van der Waals surface area contributed by atoms with Crippen molar-refractivity contribution in [1.29, 1.82) is 0 Å². The van der Waals surface area contributed by atoms with Gasteiger partial charge in [0, 0.05) is 26.2 Å². The largest absolute Gasteiger partial charge is 0.354 e. The van der Waals surface area contributed by atoms with Crippen LogP contribution in [0.2, 0.25) is 0 Å². The van der Waals surface area contributed by atoms with Crippen LogP contribution >= 0.6 is 0 Å². The Labute approximate surface area is 172 Å². The lowest BCUT2D eigenvalue weighted by Crippen LogP contribution is -2.42. The summed E-state index contributed by atoms with van der Waals surface area (Å²) in [7, 11) is 1.84. The van der Waals surface area contributed by atoms with Gasteiger partial charge in [-0.25, -0.2) is 0 Å². The van der Waals surface area contributed by atoms with E-state index in [2.05, 4.69) is 70.5 Å². The molecule has 2 N–H and O–H groups in total. The highest BCUT2D eigenvalue weighted by Gasteiger charge is 2.11. The van der Waals surface area contributed by atoms with Crippen LogP contribution < -0.4 is 10.6 Å². The van der Waals surface area contributed by atoms with E-state index in [4.69, 9.17) is 0 Å². The van der Waals surface area contributed by atoms with Crippen molar-refractivity contribution in [2.45, 2.75) is 65.6 Å². The number of aliphatic imine (C=N–C) groups is 1. The van der Waals surface area contributed by atoms with Crippen molar-refractivity contribution in [3.8, 4) is 0 Å². The predicted octanol–water partition coefficient (Wildman–Crippen LogP) is 3.46. The SMILES string of the molecule is CCN(CC)CCCC(C)NC(=NC)NCc1ccc(CN2CCCC2)cc1. The van der Waals surface area contributed by atoms with Crippen molar-refractivity contribution in [3.63, 3.8) is 0 Å². The first-order valence-corrected chi connectivity index (χ1v) is 11.1. The molecule has 1 aliphatic heterocycles. The summed E-state index contributed by atoms with van der Waals surface area (Å²) in [5, 5.41) is 6.97. The van der Waals surface area contributed by atoms with Gasteiger partial charge in [-0.15, -0.1) is 0 Å². The lowest BCUT2D eigenvalue weighted by atomic mass is 10.1. The van der Waals surface area contributed by atoms with Gasteiger partial charge in [0.2, 0.25) is 0 Å². The van der Waals surface area contributed by atoms with Crippen LogP contribution in [-0.4, -0.2) is 61.6 Å². The van der Waals surface area contributed by atoms with Gasteiger partial charge in [-0.05, 0) is 76.5 Å². The molecule has 28 heavy (non-hydrogen) atoms.